The van der Waals surface area contributed by atoms with Crippen LogP contribution in [-0.2, 0) is 14.8 Å². The number of ether oxygens (including phenoxy) is 2. The van der Waals surface area contributed by atoms with Crippen LogP contribution in [0.25, 0.3) is 0 Å². The average Bonchev–Trinajstić information content (AvgIpc) is 2.61. The van der Waals surface area contributed by atoms with E-state index in [0.29, 0.717) is 17.2 Å². The van der Waals surface area contributed by atoms with Crippen molar-refractivity contribution in [1.82, 2.24) is 4.72 Å². The minimum absolute atomic E-state index is 0.0724. The van der Waals surface area contributed by atoms with Crippen molar-refractivity contribution in [3.8, 4) is 11.5 Å². The summed E-state index contributed by atoms with van der Waals surface area (Å²) in [4.78, 5) is 11.9. The van der Waals surface area contributed by atoms with Crippen molar-refractivity contribution in [3.63, 3.8) is 0 Å². The number of hydrogen-bond donors (Lipinski definition) is 2. The third-order valence-electron chi connectivity index (χ3n) is 3.40. The molecule has 26 heavy (non-hydrogen) atoms. The first kappa shape index (κ1) is 19.7. The van der Waals surface area contributed by atoms with Gasteiger partial charge in [0, 0.05) is 36.9 Å². The van der Waals surface area contributed by atoms with E-state index in [-0.39, 0.29) is 23.8 Å². The summed E-state index contributed by atoms with van der Waals surface area (Å²) in [6.07, 6.45) is -0.0834. The average molecular weight is 382 g/mol. The molecule has 2 aromatic rings. The number of carbonyl (C=O) groups excluding carboxylic acids is 1. The van der Waals surface area contributed by atoms with Crippen molar-refractivity contribution >= 4 is 21.6 Å². The lowest BCUT2D eigenvalue weighted by atomic mass is 10.2. The van der Waals surface area contributed by atoms with Crippen LogP contribution in [0, 0.1) is 5.82 Å². The largest absolute Gasteiger partial charge is 0.497 e. The van der Waals surface area contributed by atoms with E-state index in [1.165, 1.54) is 14.2 Å². The van der Waals surface area contributed by atoms with Gasteiger partial charge in [0.15, 0.2) is 0 Å². The fourth-order valence-corrected chi connectivity index (χ4v) is 3.13. The molecule has 0 bridgehead atoms. The molecule has 0 radical (unpaired) electrons. The SMILES string of the molecule is COc1cc(NC(=O)CCNS(=O)(=O)c2ccc(F)cc2)cc(OC)c1. The normalized spacial score (nSPS) is 11.0. The van der Waals surface area contributed by atoms with Crippen LogP contribution in [0.3, 0.4) is 0 Å². The van der Waals surface area contributed by atoms with Crippen LogP contribution < -0.4 is 19.5 Å². The van der Waals surface area contributed by atoms with Gasteiger partial charge in [0.05, 0.1) is 19.1 Å². The van der Waals surface area contributed by atoms with E-state index in [9.17, 15) is 17.6 Å². The molecule has 0 aliphatic heterocycles. The zero-order valence-electron chi connectivity index (χ0n) is 14.3. The van der Waals surface area contributed by atoms with Gasteiger partial charge in [-0.3, -0.25) is 4.79 Å². The van der Waals surface area contributed by atoms with E-state index < -0.39 is 15.8 Å². The maximum Gasteiger partial charge on any atom is 0.240 e. The molecule has 0 fully saturated rings. The number of carbonyl (C=O) groups is 1. The number of anilines is 1. The number of halogens is 1. The number of nitrogens with one attached hydrogen (secondary N) is 2. The lowest BCUT2D eigenvalue weighted by Crippen LogP contribution is -2.27. The van der Waals surface area contributed by atoms with Gasteiger partial charge in [-0.05, 0) is 24.3 Å². The van der Waals surface area contributed by atoms with Gasteiger partial charge >= 0.3 is 0 Å². The van der Waals surface area contributed by atoms with Gasteiger partial charge < -0.3 is 14.8 Å². The molecule has 140 valence electrons. The fourth-order valence-electron chi connectivity index (χ4n) is 2.10. The Morgan fingerprint density at radius 2 is 1.62 bits per heavy atom. The van der Waals surface area contributed by atoms with E-state index >= 15 is 0 Å². The molecular weight excluding hydrogens is 363 g/mol. The summed E-state index contributed by atoms with van der Waals surface area (Å²) in [7, 11) is -0.822. The second-order valence-corrected chi connectivity index (χ2v) is 7.02. The summed E-state index contributed by atoms with van der Waals surface area (Å²) in [5.74, 6) is 0.104. The Balaban J connectivity index is 1.92. The number of methoxy groups -OCH3 is 2. The molecule has 9 heteroatoms. The highest BCUT2D eigenvalue weighted by molar-refractivity contribution is 7.89. The molecule has 1 amide bonds. The molecule has 0 aliphatic carbocycles. The standard InChI is InChI=1S/C17H19FN2O5S/c1-24-14-9-13(10-15(11-14)25-2)20-17(21)7-8-19-26(22,23)16-5-3-12(18)4-6-16/h3-6,9-11,19H,7-8H2,1-2H3,(H,20,21). The van der Waals surface area contributed by atoms with Crippen LogP contribution in [0.1, 0.15) is 6.42 Å². The van der Waals surface area contributed by atoms with E-state index in [1.807, 2.05) is 0 Å². The van der Waals surface area contributed by atoms with Crippen LogP contribution in [-0.4, -0.2) is 35.1 Å². The first-order chi connectivity index (χ1) is 12.3. The van der Waals surface area contributed by atoms with Gasteiger partial charge in [-0.2, -0.15) is 0 Å². The molecule has 0 saturated carbocycles. The Bertz CT molecular complexity index is 847. The molecule has 0 aromatic heterocycles. The smallest absolute Gasteiger partial charge is 0.240 e. The van der Waals surface area contributed by atoms with Crippen molar-refractivity contribution in [3.05, 3.63) is 48.3 Å². The number of hydrogen-bond acceptors (Lipinski definition) is 5. The Labute approximate surface area is 151 Å². The van der Waals surface area contributed by atoms with Gasteiger partial charge in [0.2, 0.25) is 15.9 Å². The molecule has 2 rings (SSSR count). The van der Waals surface area contributed by atoms with Crippen LogP contribution in [0.2, 0.25) is 0 Å². The third kappa shape index (κ3) is 5.43. The summed E-state index contributed by atoms with van der Waals surface area (Å²) >= 11 is 0. The van der Waals surface area contributed by atoms with Crippen molar-refractivity contribution in [1.29, 1.82) is 0 Å². The van der Waals surface area contributed by atoms with E-state index in [0.717, 1.165) is 24.3 Å². The van der Waals surface area contributed by atoms with Crippen LogP contribution in [0.5, 0.6) is 11.5 Å². The highest BCUT2D eigenvalue weighted by atomic mass is 32.2. The Morgan fingerprint density at radius 1 is 1.04 bits per heavy atom. The van der Waals surface area contributed by atoms with Crippen molar-refractivity contribution < 1.29 is 27.1 Å². The molecule has 0 atom stereocenters. The summed E-state index contributed by atoms with van der Waals surface area (Å²) in [6.45, 7) is -0.105. The van der Waals surface area contributed by atoms with Gasteiger partial charge in [-0.15, -0.1) is 0 Å². The second-order valence-electron chi connectivity index (χ2n) is 5.25. The molecule has 2 aromatic carbocycles. The Hall–Kier alpha value is -2.65. The molecule has 0 spiro atoms. The highest BCUT2D eigenvalue weighted by Gasteiger charge is 2.14. The minimum atomic E-state index is -3.80. The molecular formula is C17H19FN2O5S. The monoisotopic (exact) mass is 382 g/mol. The second kappa shape index (κ2) is 8.63. The lowest BCUT2D eigenvalue weighted by Gasteiger charge is -2.10. The third-order valence-corrected chi connectivity index (χ3v) is 4.88. The Morgan fingerprint density at radius 3 is 2.15 bits per heavy atom. The first-order valence-corrected chi connectivity index (χ1v) is 9.10. The minimum Gasteiger partial charge on any atom is -0.497 e. The first-order valence-electron chi connectivity index (χ1n) is 7.62. The Kier molecular flexibility index (Phi) is 6.53. The van der Waals surface area contributed by atoms with Crippen LogP contribution in [0.4, 0.5) is 10.1 Å². The predicted octanol–water partition coefficient (Wildman–Crippen LogP) is 2.15. The van der Waals surface area contributed by atoms with Crippen LogP contribution in [0.15, 0.2) is 47.4 Å². The molecule has 7 nitrogen and oxygen atoms in total. The fraction of sp³-hybridized carbons (Fsp3) is 0.235. The number of rotatable bonds is 8. The number of amides is 1. The van der Waals surface area contributed by atoms with Gasteiger partial charge in [0.1, 0.15) is 17.3 Å². The van der Waals surface area contributed by atoms with Crippen molar-refractivity contribution in [2.45, 2.75) is 11.3 Å². The molecule has 0 heterocycles. The van der Waals surface area contributed by atoms with Crippen LogP contribution >= 0.6 is 0 Å². The maximum atomic E-state index is 12.9. The molecule has 2 N–H and O–H groups in total. The quantitative estimate of drug-likeness (QED) is 0.730. The van der Waals surface area contributed by atoms with E-state index in [1.54, 1.807) is 18.2 Å². The summed E-state index contributed by atoms with van der Waals surface area (Å²) in [5.41, 5.74) is 0.465. The zero-order valence-corrected chi connectivity index (χ0v) is 15.1. The molecule has 0 aliphatic rings. The summed E-state index contributed by atoms with van der Waals surface area (Å²) < 4.78 is 49.5. The van der Waals surface area contributed by atoms with Crippen molar-refractivity contribution in [2.24, 2.45) is 0 Å². The number of sulfonamides is 1. The van der Waals surface area contributed by atoms with Crippen molar-refractivity contribution in [2.75, 3.05) is 26.1 Å². The van der Waals surface area contributed by atoms with Gasteiger partial charge in [0.25, 0.3) is 0 Å². The zero-order chi connectivity index (χ0) is 19.2. The maximum absolute atomic E-state index is 12.9. The summed E-state index contributed by atoms with van der Waals surface area (Å²) in [6, 6.07) is 9.30. The van der Waals surface area contributed by atoms with Gasteiger partial charge in [-0.1, -0.05) is 0 Å². The number of benzene rings is 2. The topological polar surface area (TPSA) is 93.7 Å². The van der Waals surface area contributed by atoms with E-state index in [4.69, 9.17) is 9.47 Å². The highest BCUT2D eigenvalue weighted by Crippen LogP contribution is 2.25. The van der Waals surface area contributed by atoms with E-state index in [2.05, 4.69) is 10.0 Å². The summed E-state index contributed by atoms with van der Waals surface area (Å²) in [5, 5.41) is 2.64. The molecule has 0 unspecified atom stereocenters. The lowest BCUT2D eigenvalue weighted by molar-refractivity contribution is -0.116. The molecule has 0 saturated heterocycles. The predicted molar refractivity (Wildman–Crippen MR) is 94.4 cm³/mol. The van der Waals surface area contributed by atoms with Gasteiger partial charge in [-0.25, -0.2) is 17.5 Å².